The second-order valence-electron chi connectivity index (χ2n) is 5.87. The summed E-state index contributed by atoms with van der Waals surface area (Å²) in [5.41, 5.74) is 3.16. The standard InChI is InChI=1S/C17H11N2.C5H8O2.Ir/c1-2-7-13(8-3-1)19-16-11-5-4-9-14(16)15-10-6-12-18-17(15)19;1-4(6)3-5(2)7;/h1-7,9-12H;3,6H,1-2H3;/q-1;;. The second-order valence-corrected chi connectivity index (χ2v) is 5.87. The summed E-state index contributed by atoms with van der Waals surface area (Å²) in [6.45, 7) is 2.85. The molecule has 4 nitrogen and oxygen atoms in total. The molecule has 0 aliphatic heterocycles. The quantitative estimate of drug-likeness (QED) is 0.223. The number of rotatable bonds is 2. The van der Waals surface area contributed by atoms with E-state index in [0.717, 1.165) is 11.3 Å². The van der Waals surface area contributed by atoms with E-state index in [1.165, 1.54) is 36.2 Å². The van der Waals surface area contributed by atoms with Crippen LogP contribution < -0.4 is 0 Å². The summed E-state index contributed by atoms with van der Waals surface area (Å²) in [4.78, 5) is 14.6. The monoisotopic (exact) mass is 536 g/mol. The molecule has 27 heavy (non-hydrogen) atoms. The molecular formula is C22H19IrN2O2-. The maximum Gasteiger partial charge on any atom is 0.155 e. The number of carbonyl (C=O) groups excluding carboxylic acids is 1. The third-order valence-corrected chi connectivity index (χ3v) is 3.78. The summed E-state index contributed by atoms with van der Waals surface area (Å²) in [6.07, 6.45) is 3.00. The van der Waals surface area contributed by atoms with Gasteiger partial charge in [0.15, 0.2) is 5.78 Å². The number of hydrogen-bond acceptors (Lipinski definition) is 3. The largest absolute Gasteiger partial charge is 0.512 e. The van der Waals surface area contributed by atoms with Crippen LogP contribution in [-0.4, -0.2) is 20.4 Å². The number of aliphatic hydroxyl groups is 1. The molecular weight excluding hydrogens is 516 g/mol. The molecule has 5 heteroatoms. The van der Waals surface area contributed by atoms with Crippen LogP contribution in [0.4, 0.5) is 0 Å². The van der Waals surface area contributed by atoms with Gasteiger partial charge in [-0.2, -0.15) is 24.3 Å². The molecule has 0 bridgehead atoms. The van der Waals surface area contributed by atoms with Crippen molar-refractivity contribution in [3.8, 4) is 5.69 Å². The third kappa shape index (κ3) is 4.70. The number of nitrogens with zero attached hydrogens (tertiary/aromatic N) is 2. The summed E-state index contributed by atoms with van der Waals surface area (Å²) in [7, 11) is 0. The third-order valence-electron chi connectivity index (χ3n) is 3.78. The number of aromatic nitrogens is 2. The van der Waals surface area contributed by atoms with Gasteiger partial charge in [0.1, 0.15) is 5.65 Å². The van der Waals surface area contributed by atoms with Crippen LogP contribution in [0.3, 0.4) is 0 Å². The normalized spacial score (nSPS) is 10.8. The molecule has 0 unspecified atom stereocenters. The van der Waals surface area contributed by atoms with Gasteiger partial charge in [0, 0.05) is 43.2 Å². The predicted molar refractivity (Wildman–Crippen MR) is 104 cm³/mol. The Kier molecular flexibility index (Phi) is 7.05. The van der Waals surface area contributed by atoms with Crippen molar-refractivity contribution < 1.29 is 30.0 Å². The van der Waals surface area contributed by atoms with Crippen LogP contribution in [0.15, 0.2) is 78.7 Å². The van der Waals surface area contributed by atoms with Crippen molar-refractivity contribution in [2.24, 2.45) is 0 Å². The van der Waals surface area contributed by atoms with Crippen LogP contribution in [-0.2, 0) is 24.9 Å². The fourth-order valence-electron chi connectivity index (χ4n) is 2.86. The minimum Gasteiger partial charge on any atom is -0.512 e. The number of ketones is 1. The Bertz CT molecular complexity index is 1030. The molecule has 1 radical (unpaired) electrons. The average molecular weight is 536 g/mol. The van der Waals surface area contributed by atoms with Gasteiger partial charge in [-0.25, -0.2) is 4.98 Å². The molecule has 0 aliphatic carbocycles. The zero-order valence-electron chi connectivity index (χ0n) is 15.0. The molecule has 0 amide bonds. The maximum absolute atomic E-state index is 10.0. The number of aliphatic hydroxyl groups excluding tert-OH is 1. The van der Waals surface area contributed by atoms with E-state index >= 15 is 0 Å². The average Bonchev–Trinajstić information content (AvgIpc) is 2.96. The van der Waals surface area contributed by atoms with E-state index in [9.17, 15) is 4.79 Å². The number of benzene rings is 2. The zero-order valence-corrected chi connectivity index (χ0v) is 17.4. The van der Waals surface area contributed by atoms with Crippen molar-refractivity contribution in [1.82, 2.24) is 9.55 Å². The Balaban J connectivity index is 0.000000285. The number of allylic oxidation sites excluding steroid dienone is 2. The molecule has 0 aliphatic rings. The van der Waals surface area contributed by atoms with E-state index in [1.807, 2.05) is 30.5 Å². The van der Waals surface area contributed by atoms with Crippen molar-refractivity contribution in [1.29, 1.82) is 0 Å². The molecule has 4 aromatic rings. The first-order chi connectivity index (χ1) is 12.6. The number of para-hydroxylation sites is 2. The first-order valence-electron chi connectivity index (χ1n) is 8.27. The van der Waals surface area contributed by atoms with Gasteiger partial charge in [0.25, 0.3) is 0 Å². The summed E-state index contributed by atoms with van der Waals surface area (Å²) in [6, 6.07) is 23.7. The van der Waals surface area contributed by atoms with Gasteiger partial charge >= 0.3 is 0 Å². The Morgan fingerprint density at radius 3 is 2.37 bits per heavy atom. The summed E-state index contributed by atoms with van der Waals surface area (Å²) in [5, 5.41) is 10.8. The molecule has 0 saturated heterocycles. The van der Waals surface area contributed by atoms with Crippen LogP contribution in [0.2, 0.25) is 0 Å². The first-order valence-corrected chi connectivity index (χ1v) is 8.27. The van der Waals surface area contributed by atoms with Crippen molar-refractivity contribution in [3.63, 3.8) is 0 Å². The van der Waals surface area contributed by atoms with Crippen molar-refractivity contribution >= 4 is 27.7 Å². The minimum atomic E-state index is -0.125. The van der Waals surface area contributed by atoms with Crippen molar-refractivity contribution in [2.75, 3.05) is 0 Å². The molecule has 2 heterocycles. The van der Waals surface area contributed by atoms with Gasteiger partial charge in [-0.05, 0) is 32.0 Å². The van der Waals surface area contributed by atoms with Crippen LogP contribution in [0.1, 0.15) is 13.8 Å². The summed E-state index contributed by atoms with van der Waals surface area (Å²) < 4.78 is 2.16. The van der Waals surface area contributed by atoms with E-state index in [2.05, 4.69) is 52.0 Å². The molecule has 4 rings (SSSR count). The molecule has 2 aromatic carbocycles. The van der Waals surface area contributed by atoms with Crippen LogP contribution in [0.25, 0.3) is 27.6 Å². The number of fused-ring (bicyclic) bond motifs is 3. The van der Waals surface area contributed by atoms with E-state index in [0.29, 0.717) is 0 Å². The molecule has 0 spiro atoms. The van der Waals surface area contributed by atoms with Crippen molar-refractivity contribution in [2.45, 2.75) is 13.8 Å². The number of carbonyl (C=O) groups is 1. The minimum absolute atomic E-state index is 0. The molecule has 1 N–H and O–H groups in total. The molecule has 2 aromatic heterocycles. The Morgan fingerprint density at radius 2 is 1.74 bits per heavy atom. The van der Waals surface area contributed by atoms with Crippen molar-refractivity contribution in [3.05, 3.63) is 84.8 Å². The zero-order chi connectivity index (χ0) is 18.5. The fraction of sp³-hybridized carbons (Fsp3) is 0.0909. The van der Waals surface area contributed by atoms with E-state index in [-0.39, 0.29) is 31.6 Å². The van der Waals surface area contributed by atoms with Gasteiger partial charge in [-0.3, -0.25) is 4.79 Å². The van der Waals surface area contributed by atoms with Gasteiger partial charge in [0.2, 0.25) is 0 Å². The van der Waals surface area contributed by atoms with Gasteiger partial charge in [0.05, 0.1) is 11.3 Å². The van der Waals surface area contributed by atoms with Gasteiger partial charge < -0.3 is 9.67 Å². The number of pyridine rings is 1. The van der Waals surface area contributed by atoms with Gasteiger partial charge in [-0.1, -0.05) is 23.9 Å². The first kappa shape index (κ1) is 20.6. The van der Waals surface area contributed by atoms with E-state index < -0.39 is 0 Å². The van der Waals surface area contributed by atoms with E-state index in [1.54, 1.807) is 0 Å². The number of hydrogen-bond donors (Lipinski definition) is 1. The molecule has 0 fully saturated rings. The predicted octanol–water partition coefficient (Wildman–Crippen LogP) is 5.01. The molecule has 0 atom stereocenters. The smallest absolute Gasteiger partial charge is 0.155 e. The van der Waals surface area contributed by atoms with E-state index in [4.69, 9.17) is 5.11 Å². The van der Waals surface area contributed by atoms with Crippen LogP contribution in [0.5, 0.6) is 0 Å². The second kappa shape index (κ2) is 9.26. The molecule has 0 saturated carbocycles. The fourth-order valence-corrected chi connectivity index (χ4v) is 2.86. The maximum atomic E-state index is 10.0. The topological polar surface area (TPSA) is 55.1 Å². The Hall–Kier alpha value is -2.75. The summed E-state index contributed by atoms with van der Waals surface area (Å²) in [5.74, 6) is -0.0625. The Labute approximate surface area is 171 Å². The van der Waals surface area contributed by atoms with Crippen LogP contribution in [0, 0.1) is 6.07 Å². The Morgan fingerprint density at radius 1 is 1.04 bits per heavy atom. The van der Waals surface area contributed by atoms with Crippen LogP contribution >= 0.6 is 0 Å². The van der Waals surface area contributed by atoms with Gasteiger partial charge in [-0.15, -0.1) is 6.07 Å². The molecule has 139 valence electrons. The SMILES string of the molecule is CC(=O)C=C(C)O.[Ir].[c-]1ccccc1-n1c2ccccc2c2cccnc21. The summed E-state index contributed by atoms with van der Waals surface area (Å²) >= 11 is 0.